The standard InChI is InChI=1S/C31H19N3.C31H22N2/c1-32-21-15-17-30-26(19-21)27-20-23(16-18-31(27)33(30)22-9-3-2-4-10-22)34-28-13-7-5-11-24(28)25-12-6-8-14-29(25)34;1-21-15-17-30-26(19-21)24-11-5-8-14-29(24)33(30)23-16-18-31-27(20-23)25-12-6-7-13-28(25)32(31)22-9-3-2-4-10-22/h2-20H;2-20H,1H3. The molecule has 0 spiro atoms. The van der Waals surface area contributed by atoms with Gasteiger partial charge in [-0.1, -0.05) is 127 Å². The van der Waals surface area contributed by atoms with Crippen LogP contribution in [0.25, 0.3) is 115 Å². The maximum absolute atomic E-state index is 7.55. The SMILES string of the molecule is Cc1ccc2c(c1)c1ccccc1n2-c1ccc2c(c1)c1ccccc1n2-c1ccccc1.[C-]#[N+]c1ccc2c(c1)c1cc(-n3c4ccccc4c4ccccc43)ccc1n2-c1ccccc1. The first-order valence-corrected chi connectivity index (χ1v) is 22.7. The molecule has 5 nitrogen and oxygen atoms in total. The van der Waals surface area contributed by atoms with Gasteiger partial charge in [0.15, 0.2) is 5.69 Å². The smallest absolute Gasteiger partial charge is 0.188 e. The first-order chi connectivity index (χ1) is 33.1. The van der Waals surface area contributed by atoms with Crippen LogP contribution in [0.4, 0.5) is 5.69 Å². The monoisotopic (exact) mass is 855 g/mol. The first-order valence-electron chi connectivity index (χ1n) is 22.7. The highest BCUT2D eigenvalue weighted by Crippen LogP contribution is 2.40. The summed E-state index contributed by atoms with van der Waals surface area (Å²) in [5.74, 6) is 0. The largest absolute Gasteiger partial charge is 0.309 e. The molecule has 67 heavy (non-hydrogen) atoms. The van der Waals surface area contributed by atoms with Gasteiger partial charge in [-0.15, -0.1) is 0 Å². The molecule has 14 rings (SSSR count). The average Bonchev–Trinajstić information content (AvgIpc) is 4.11. The predicted molar refractivity (Wildman–Crippen MR) is 281 cm³/mol. The number of hydrogen-bond acceptors (Lipinski definition) is 0. The van der Waals surface area contributed by atoms with E-state index < -0.39 is 0 Å². The van der Waals surface area contributed by atoms with Crippen LogP contribution in [-0.4, -0.2) is 18.3 Å². The third-order valence-electron chi connectivity index (χ3n) is 13.5. The lowest BCUT2D eigenvalue weighted by Gasteiger charge is -2.10. The number of benzene rings is 10. The molecule has 314 valence electrons. The molecule has 5 heteroatoms. The van der Waals surface area contributed by atoms with E-state index in [4.69, 9.17) is 6.57 Å². The zero-order valence-electron chi connectivity index (χ0n) is 36.7. The predicted octanol–water partition coefficient (Wildman–Crippen LogP) is 16.6. The molecule has 0 bridgehead atoms. The minimum atomic E-state index is 0.655. The molecular weight excluding hydrogens is 815 g/mol. The van der Waals surface area contributed by atoms with E-state index in [-0.39, 0.29) is 0 Å². The lowest BCUT2D eigenvalue weighted by molar-refractivity contribution is 1.16. The Hall–Kier alpha value is -9.11. The summed E-state index contributed by atoms with van der Waals surface area (Å²) in [4.78, 5) is 3.70. The second-order valence-corrected chi connectivity index (χ2v) is 17.3. The number of aryl methyl sites for hydroxylation is 1. The zero-order chi connectivity index (χ0) is 44.6. The normalized spacial score (nSPS) is 11.6. The maximum Gasteiger partial charge on any atom is 0.188 e. The van der Waals surface area contributed by atoms with Crippen molar-refractivity contribution in [1.29, 1.82) is 0 Å². The Kier molecular flexibility index (Phi) is 8.74. The van der Waals surface area contributed by atoms with Crippen LogP contribution in [0.15, 0.2) is 231 Å². The van der Waals surface area contributed by atoms with Crippen molar-refractivity contribution in [2.75, 3.05) is 0 Å². The molecule has 0 aliphatic carbocycles. The minimum Gasteiger partial charge on any atom is -0.309 e. The Morgan fingerprint density at radius 2 is 0.582 bits per heavy atom. The molecule has 0 N–H and O–H groups in total. The fourth-order valence-corrected chi connectivity index (χ4v) is 10.6. The molecule has 4 heterocycles. The van der Waals surface area contributed by atoms with Gasteiger partial charge >= 0.3 is 0 Å². The lowest BCUT2D eigenvalue weighted by Crippen LogP contribution is -1.95. The van der Waals surface area contributed by atoms with E-state index in [0.717, 1.165) is 33.2 Å². The van der Waals surface area contributed by atoms with E-state index in [9.17, 15) is 0 Å². The highest BCUT2D eigenvalue weighted by atomic mass is 15.0. The Bertz CT molecular complexity index is 4240. The third-order valence-corrected chi connectivity index (χ3v) is 13.5. The van der Waals surface area contributed by atoms with Gasteiger partial charge in [-0.2, -0.15) is 0 Å². The molecule has 0 amide bonds. The summed E-state index contributed by atoms with van der Waals surface area (Å²) in [6.07, 6.45) is 0. The molecule has 14 aromatic rings. The summed E-state index contributed by atoms with van der Waals surface area (Å²) >= 11 is 0. The molecule has 0 saturated carbocycles. The maximum atomic E-state index is 7.55. The van der Waals surface area contributed by atoms with Crippen LogP contribution in [0, 0.1) is 13.5 Å². The lowest BCUT2D eigenvalue weighted by atomic mass is 10.1. The highest BCUT2D eigenvalue weighted by molar-refractivity contribution is 6.14. The molecule has 4 aromatic heterocycles. The van der Waals surface area contributed by atoms with Crippen LogP contribution in [0.1, 0.15) is 5.56 Å². The summed E-state index contributed by atoms with van der Waals surface area (Å²) in [6.45, 7) is 9.71. The van der Waals surface area contributed by atoms with Gasteiger partial charge in [-0.3, -0.25) is 0 Å². The summed E-state index contributed by atoms with van der Waals surface area (Å²) < 4.78 is 9.39. The first kappa shape index (κ1) is 38.4. The fraction of sp³-hybridized carbons (Fsp3) is 0.0161. The number of aromatic nitrogens is 4. The van der Waals surface area contributed by atoms with Crippen LogP contribution in [0.2, 0.25) is 0 Å². The molecule has 0 fully saturated rings. The van der Waals surface area contributed by atoms with Gasteiger partial charge < -0.3 is 18.3 Å². The quantitative estimate of drug-likeness (QED) is 0.158. The Labute approximate surface area is 386 Å². The Morgan fingerprint density at radius 3 is 1.03 bits per heavy atom. The molecule has 0 saturated heterocycles. The molecule has 0 aliphatic heterocycles. The van der Waals surface area contributed by atoms with Crippen LogP contribution >= 0.6 is 0 Å². The molecule has 0 atom stereocenters. The van der Waals surface area contributed by atoms with Crippen molar-refractivity contribution >= 4 is 92.9 Å². The van der Waals surface area contributed by atoms with Crippen LogP contribution in [0.5, 0.6) is 0 Å². The van der Waals surface area contributed by atoms with Gasteiger partial charge in [0.2, 0.25) is 0 Å². The van der Waals surface area contributed by atoms with Crippen LogP contribution in [-0.2, 0) is 0 Å². The summed E-state index contributed by atoms with van der Waals surface area (Å²) in [6, 6.07) is 81.9. The van der Waals surface area contributed by atoms with Gasteiger partial charge in [0.05, 0.1) is 50.7 Å². The third kappa shape index (κ3) is 6.01. The minimum absolute atomic E-state index is 0.655. The van der Waals surface area contributed by atoms with Gasteiger partial charge in [0.25, 0.3) is 0 Å². The summed E-state index contributed by atoms with van der Waals surface area (Å²) in [5, 5.41) is 9.87. The van der Waals surface area contributed by atoms with Crippen molar-refractivity contribution in [3.63, 3.8) is 0 Å². The molecule has 0 radical (unpaired) electrons. The van der Waals surface area contributed by atoms with Crippen LogP contribution in [0.3, 0.4) is 0 Å². The Balaban J connectivity index is 0.000000133. The number of fused-ring (bicyclic) bond motifs is 12. The van der Waals surface area contributed by atoms with Crippen LogP contribution < -0.4 is 0 Å². The van der Waals surface area contributed by atoms with Gasteiger partial charge in [-0.25, -0.2) is 4.85 Å². The molecule has 0 aliphatic rings. The van der Waals surface area contributed by atoms with E-state index in [2.05, 4.69) is 242 Å². The van der Waals surface area contributed by atoms with E-state index in [1.54, 1.807) is 0 Å². The Morgan fingerprint density at radius 1 is 0.269 bits per heavy atom. The van der Waals surface area contributed by atoms with Crippen molar-refractivity contribution in [2.45, 2.75) is 6.92 Å². The van der Waals surface area contributed by atoms with Gasteiger partial charge in [0.1, 0.15) is 0 Å². The highest BCUT2D eigenvalue weighted by Gasteiger charge is 2.18. The number of para-hydroxylation sites is 6. The summed E-state index contributed by atoms with van der Waals surface area (Å²) in [5.41, 5.74) is 16.1. The van der Waals surface area contributed by atoms with Crippen molar-refractivity contribution < 1.29 is 0 Å². The summed E-state index contributed by atoms with van der Waals surface area (Å²) in [7, 11) is 0. The second-order valence-electron chi connectivity index (χ2n) is 17.3. The fourth-order valence-electron chi connectivity index (χ4n) is 10.6. The molecule has 10 aromatic carbocycles. The second kappa shape index (κ2) is 15.3. The zero-order valence-corrected chi connectivity index (χ0v) is 36.7. The average molecular weight is 856 g/mol. The van der Waals surface area contributed by atoms with Crippen molar-refractivity contribution in [1.82, 2.24) is 18.3 Å². The van der Waals surface area contributed by atoms with Crippen molar-refractivity contribution in [2.24, 2.45) is 0 Å². The van der Waals surface area contributed by atoms with E-state index in [1.165, 1.54) is 82.4 Å². The number of rotatable bonds is 4. The molecule has 0 unspecified atom stereocenters. The number of nitrogens with zero attached hydrogens (tertiary/aromatic N) is 5. The van der Waals surface area contributed by atoms with E-state index in [0.29, 0.717) is 5.69 Å². The molecular formula is C62H41N5. The topological polar surface area (TPSA) is 24.1 Å². The van der Waals surface area contributed by atoms with Crippen molar-refractivity contribution in [3.05, 3.63) is 248 Å². The number of hydrogen-bond donors (Lipinski definition) is 0. The van der Waals surface area contributed by atoms with E-state index >= 15 is 0 Å². The van der Waals surface area contributed by atoms with E-state index in [1.807, 2.05) is 18.2 Å². The van der Waals surface area contributed by atoms with Crippen molar-refractivity contribution in [3.8, 4) is 22.7 Å². The van der Waals surface area contributed by atoms with Gasteiger partial charge in [-0.05, 0) is 122 Å². The van der Waals surface area contributed by atoms with Gasteiger partial charge in [0, 0.05) is 60.5 Å².